The molecule has 2 fully saturated rings. The maximum absolute atomic E-state index is 11.5. The van der Waals surface area contributed by atoms with Gasteiger partial charge in [-0.15, -0.1) is 11.3 Å². The predicted molar refractivity (Wildman–Crippen MR) is 118 cm³/mol. The number of carbonyl (C=O) groups is 1. The molecule has 1 saturated carbocycles. The van der Waals surface area contributed by atoms with Crippen molar-refractivity contribution in [3.05, 3.63) is 35.7 Å². The number of thiophene rings is 1. The number of piperazine rings is 1. The van der Waals surface area contributed by atoms with Gasteiger partial charge < -0.3 is 20.4 Å². The van der Waals surface area contributed by atoms with Gasteiger partial charge in [-0.05, 0) is 48.6 Å². The molecule has 1 aliphatic heterocycles. The zero-order chi connectivity index (χ0) is 19.8. The highest BCUT2D eigenvalue weighted by Gasteiger charge is 2.23. The number of fused-ring (bicyclic) bond motifs is 1. The third-order valence-electron chi connectivity index (χ3n) is 5.44. The number of amides is 1. The average Bonchev–Trinajstić information content (AvgIpc) is 3.42. The minimum absolute atomic E-state index is 0.155. The van der Waals surface area contributed by atoms with Crippen molar-refractivity contribution in [2.24, 2.45) is 0 Å². The van der Waals surface area contributed by atoms with Crippen LogP contribution in [0.1, 0.15) is 19.8 Å². The Balaban J connectivity index is 1.29. The van der Waals surface area contributed by atoms with Crippen LogP contribution < -0.4 is 15.5 Å². The summed E-state index contributed by atoms with van der Waals surface area (Å²) in [5.74, 6) is 1.69. The number of carbonyl (C=O) groups excluding carboxylic acids is 1. The van der Waals surface area contributed by atoms with Gasteiger partial charge in [0.25, 0.3) is 0 Å². The first kappa shape index (κ1) is 18.2. The fourth-order valence-corrected chi connectivity index (χ4v) is 4.39. The Bertz CT molecular complexity index is 1020. The third-order valence-corrected chi connectivity index (χ3v) is 6.35. The molecule has 0 spiro atoms. The van der Waals surface area contributed by atoms with Gasteiger partial charge in [0, 0.05) is 50.5 Å². The van der Waals surface area contributed by atoms with Gasteiger partial charge in [-0.2, -0.15) is 4.98 Å². The van der Waals surface area contributed by atoms with Crippen LogP contribution in [0.5, 0.6) is 0 Å². The van der Waals surface area contributed by atoms with E-state index < -0.39 is 0 Å². The van der Waals surface area contributed by atoms with Crippen LogP contribution in [-0.2, 0) is 4.79 Å². The van der Waals surface area contributed by atoms with Gasteiger partial charge in [0.05, 0.1) is 10.2 Å². The molecule has 0 atom stereocenters. The summed E-state index contributed by atoms with van der Waals surface area (Å²) in [6.45, 7) is 4.92. The zero-order valence-corrected chi connectivity index (χ0v) is 17.2. The van der Waals surface area contributed by atoms with Crippen LogP contribution in [0.25, 0.3) is 10.2 Å². The number of aromatic nitrogens is 2. The summed E-state index contributed by atoms with van der Waals surface area (Å²) in [5, 5.41) is 8.92. The number of nitrogens with one attached hydrogen (secondary N) is 2. The first-order chi connectivity index (χ1) is 14.2. The van der Waals surface area contributed by atoms with Gasteiger partial charge in [-0.25, -0.2) is 4.98 Å². The normalized spacial score (nSPS) is 16.9. The van der Waals surface area contributed by atoms with Gasteiger partial charge in [-0.3, -0.25) is 4.79 Å². The molecule has 1 aliphatic carbocycles. The van der Waals surface area contributed by atoms with Crippen LogP contribution in [0.2, 0.25) is 0 Å². The lowest BCUT2D eigenvalue weighted by Crippen LogP contribution is -2.48. The fourth-order valence-electron chi connectivity index (χ4n) is 3.60. The first-order valence-electron chi connectivity index (χ1n) is 10.0. The van der Waals surface area contributed by atoms with E-state index in [1.54, 1.807) is 18.3 Å². The molecule has 2 aromatic heterocycles. The largest absolute Gasteiger partial charge is 0.368 e. The van der Waals surface area contributed by atoms with Crippen molar-refractivity contribution < 1.29 is 4.79 Å². The van der Waals surface area contributed by atoms with Crippen LogP contribution in [-0.4, -0.2) is 53.0 Å². The molecule has 1 aromatic carbocycles. The Labute approximate surface area is 173 Å². The Morgan fingerprint density at radius 2 is 1.83 bits per heavy atom. The van der Waals surface area contributed by atoms with Crippen molar-refractivity contribution in [1.29, 1.82) is 0 Å². The molecule has 29 heavy (non-hydrogen) atoms. The molecule has 7 nitrogen and oxygen atoms in total. The topological polar surface area (TPSA) is 73.4 Å². The van der Waals surface area contributed by atoms with Crippen LogP contribution >= 0.6 is 11.3 Å². The van der Waals surface area contributed by atoms with E-state index in [1.807, 2.05) is 11.0 Å². The predicted octanol–water partition coefficient (Wildman–Crippen LogP) is 3.68. The number of nitrogens with zero attached hydrogens (tertiary/aromatic N) is 4. The van der Waals surface area contributed by atoms with E-state index in [9.17, 15) is 4.79 Å². The van der Waals surface area contributed by atoms with Crippen molar-refractivity contribution in [3.8, 4) is 0 Å². The molecule has 8 heteroatoms. The van der Waals surface area contributed by atoms with E-state index in [4.69, 9.17) is 4.98 Å². The maximum Gasteiger partial charge on any atom is 0.229 e. The molecule has 0 radical (unpaired) electrons. The number of benzene rings is 1. The molecule has 0 unspecified atom stereocenters. The molecular weight excluding hydrogens is 384 g/mol. The van der Waals surface area contributed by atoms with E-state index in [2.05, 4.69) is 50.2 Å². The monoisotopic (exact) mass is 408 g/mol. The minimum atomic E-state index is 0.155. The summed E-state index contributed by atoms with van der Waals surface area (Å²) in [5.41, 5.74) is 3.10. The summed E-state index contributed by atoms with van der Waals surface area (Å²) >= 11 is 1.67. The standard InChI is InChI=1S/C21H24N6OS/c1-14(28)26-9-11-27(12-10-26)17-6-4-16(5-7-17)23-21-24-18-8-13-29-19(18)20(25-21)22-15-2-3-15/h4-8,13,15H,2-3,9-12H2,1H3,(H2,22,23,24,25). The van der Waals surface area contributed by atoms with E-state index in [-0.39, 0.29) is 5.91 Å². The van der Waals surface area contributed by atoms with Gasteiger partial charge >= 0.3 is 0 Å². The van der Waals surface area contributed by atoms with Gasteiger partial charge in [0.15, 0.2) is 0 Å². The number of hydrogen-bond acceptors (Lipinski definition) is 7. The van der Waals surface area contributed by atoms with Gasteiger partial charge in [-0.1, -0.05) is 0 Å². The summed E-state index contributed by atoms with van der Waals surface area (Å²) in [7, 11) is 0. The highest BCUT2D eigenvalue weighted by atomic mass is 32.1. The molecular formula is C21H24N6OS. The molecule has 3 aromatic rings. The molecule has 2 aliphatic rings. The third kappa shape index (κ3) is 3.98. The van der Waals surface area contributed by atoms with E-state index >= 15 is 0 Å². The highest BCUT2D eigenvalue weighted by Crippen LogP contribution is 2.32. The van der Waals surface area contributed by atoms with E-state index in [0.29, 0.717) is 12.0 Å². The second-order valence-corrected chi connectivity index (χ2v) is 8.53. The molecule has 1 amide bonds. The average molecular weight is 409 g/mol. The maximum atomic E-state index is 11.5. The van der Waals surface area contributed by atoms with Crippen LogP contribution in [0.4, 0.5) is 23.1 Å². The van der Waals surface area contributed by atoms with E-state index in [0.717, 1.165) is 47.9 Å². The molecule has 3 heterocycles. The fraction of sp³-hybridized carbons (Fsp3) is 0.381. The highest BCUT2D eigenvalue weighted by molar-refractivity contribution is 7.17. The van der Waals surface area contributed by atoms with Gasteiger partial charge in [0.2, 0.25) is 11.9 Å². The van der Waals surface area contributed by atoms with Crippen molar-refractivity contribution >= 4 is 50.6 Å². The van der Waals surface area contributed by atoms with Crippen molar-refractivity contribution in [2.75, 3.05) is 41.7 Å². The second-order valence-electron chi connectivity index (χ2n) is 7.61. The van der Waals surface area contributed by atoms with Crippen LogP contribution in [0.15, 0.2) is 35.7 Å². The Kier molecular flexibility index (Phi) is 4.71. The molecule has 1 saturated heterocycles. The summed E-state index contributed by atoms with van der Waals surface area (Å²) in [4.78, 5) is 25.1. The molecule has 5 rings (SSSR count). The van der Waals surface area contributed by atoms with Crippen molar-refractivity contribution in [2.45, 2.75) is 25.8 Å². The summed E-state index contributed by atoms with van der Waals surface area (Å²) in [6.07, 6.45) is 2.42. The Hall–Kier alpha value is -2.87. The minimum Gasteiger partial charge on any atom is -0.368 e. The van der Waals surface area contributed by atoms with Crippen molar-refractivity contribution in [1.82, 2.24) is 14.9 Å². The first-order valence-corrected chi connectivity index (χ1v) is 10.9. The van der Waals surface area contributed by atoms with Crippen LogP contribution in [0.3, 0.4) is 0 Å². The lowest BCUT2D eigenvalue weighted by atomic mass is 10.2. The second kappa shape index (κ2) is 7.51. The number of hydrogen-bond donors (Lipinski definition) is 2. The molecule has 150 valence electrons. The van der Waals surface area contributed by atoms with Crippen molar-refractivity contribution in [3.63, 3.8) is 0 Å². The Morgan fingerprint density at radius 3 is 2.52 bits per heavy atom. The quantitative estimate of drug-likeness (QED) is 0.671. The molecule has 0 bridgehead atoms. The summed E-state index contributed by atoms with van der Waals surface area (Å²) in [6, 6.07) is 10.9. The number of anilines is 4. The summed E-state index contributed by atoms with van der Waals surface area (Å²) < 4.78 is 1.11. The lowest BCUT2D eigenvalue weighted by molar-refractivity contribution is -0.129. The SMILES string of the molecule is CC(=O)N1CCN(c2ccc(Nc3nc(NC4CC4)c4sccc4n3)cc2)CC1. The Morgan fingerprint density at radius 1 is 1.07 bits per heavy atom. The van der Waals surface area contributed by atoms with E-state index in [1.165, 1.54) is 18.5 Å². The lowest BCUT2D eigenvalue weighted by Gasteiger charge is -2.35. The zero-order valence-electron chi connectivity index (χ0n) is 16.4. The van der Waals surface area contributed by atoms with Crippen LogP contribution in [0, 0.1) is 0 Å². The smallest absolute Gasteiger partial charge is 0.229 e. The number of rotatable bonds is 5. The molecule has 2 N–H and O–H groups in total. The van der Waals surface area contributed by atoms with Gasteiger partial charge in [0.1, 0.15) is 5.82 Å².